The summed E-state index contributed by atoms with van der Waals surface area (Å²) < 4.78 is 0. The van der Waals surface area contributed by atoms with E-state index < -0.39 is 0 Å². The van der Waals surface area contributed by atoms with Gasteiger partial charge in [-0.05, 0) is 32.4 Å². The fourth-order valence-electron chi connectivity index (χ4n) is 1.60. The van der Waals surface area contributed by atoms with Crippen LogP contribution in [-0.4, -0.2) is 40.6 Å². The topological polar surface area (TPSA) is 53.4 Å². The van der Waals surface area contributed by atoms with Crippen molar-refractivity contribution in [2.75, 3.05) is 19.7 Å². The van der Waals surface area contributed by atoms with Crippen molar-refractivity contribution in [1.29, 1.82) is 0 Å². The second kappa shape index (κ2) is 6.57. The van der Waals surface area contributed by atoms with Crippen molar-refractivity contribution >= 4 is 17.5 Å². The van der Waals surface area contributed by atoms with E-state index in [-0.39, 0.29) is 12.5 Å². The molecule has 4 nitrogen and oxygen atoms in total. The molecule has 1 aromatic rings. The Kier molecular flexibility index (Phi) is 5.38. The third kappa shape index (κ3) is 3.98. The number of aliphatic hydroxyl groups excluding tert-OH is 1. The molecule has 94 valence electrons. The lowest BCUT2D eigenvalue weighted by Gasteiger charge is -2.20. The number of carbonyl (C=O) groups is 1. The van der Waals surface area contributed by atoms with Gasteiger partial charge in [0.25, 0.3) is 5.91 Å². The maximum atomic E-state index is 12.1. The summed E-state index contributed by atoms with van der Waals surface area (Å²) in [6.07, 6.45) is 0.581. The maximum Gasteiger partial charge on any atom is 0.254 e. The third-order valence-corrected chi connectivity index (χ3v) is 2.62. The number of hydrogen-bond donors (Lipinski definition) is 1. The average Bonchev–Trinajstić information content (AvgIpc) is 2.28. The Bertz CT molecular complexity index is 376. The van der Waals surface area contributed by atoms with E-state index in [0.29, 0.717) is 30.2 Å². The highest BCUT2D eigenvalue weighted by Crippen LogP contribution is 2.12. The number of hydrogen-bond acceptors (Lipinski definition) is 3. The Morgan fingerprint density at radius 2 is 2.24 bits per heavy atom. The van der Waals surface area contributed by atoms with E-state index in [0.717, 1.165) is 5.69 Å². The van der Waals surface area contributed by atoms with Crippen LogP contribution < -0.4 is 0 Å². The van der Waals surface area contributed by atoms with Crippen molar-refractivity contribution in [3.63, 3.8) is 0 Å². The largest absolute Gasteiger partial charge is 0.396 e. The minimum absolute atomic E-state index is 0.0756. The van der Waals surface area contributed by atoms with Crippen molar-refractivity contribution < 1.29 is 9.90 Å². The molecule has 0 bridgehead atoms. The highest BCUT2D eigenvalue weighted by atomic mass is 35.5. The SMILES string of the molecule is CCN(CCCO)C(=O)c1cc(C)nc(Cl)c1. The molecular weight excluding hydrogens is 240 g/mol. The molecule has 0 aromatic carbocycles. The molecule has 0 aliphatic heterocycles. The van der Waals surface area contributed by atoms with Gasteiger partial charge in [0.1, 0.15) is 5.15 Å². The van der Waals surface area contributed by atoms with Gasteiger partial charge in [0.2, 0.25) is 0 Å². The van der Waals surface area contributed by atoms with E-state index >= 15 is 0 Å². The molecule has 0 saturated carbocycles. The van der Waals surface area contributed by atoms with Crippen LogP contribution in [0.25, 0.3) is 0 Å². The molecule has 1 amide bonds. The van der Waals surface area contributed by atoms with E-state index in [1.54, 1.807) is 24.0 Å². The van der Waals surface area contributed by atoms with Gasteiger partial charge in [-0.3, -0.25) is 4.79 Å². The number of carbonyl (C=O) groups excluding carboxylic acids is 1. The van der Waals surface area contributed by atoms with Gasteiger partial charge in [-0.1, -0.05) is 11.6 Å². The zero-order valence-electron chi connectivity index (χ0n) is 10.1. The van der Waals surface area contributed by atoms with Gasteiger partial charge in [0, 0.05) is 31.0 Å². The quantitative estimate of drug-likeness (QED) is 0.819. The Morgan fingerprint density at radius 3 is 2.76 bits per heavy atom. The summed E-state index contributed by atoms with van der Waals surface area (Å²) in [6, 6.07) is 3.29. The van der Waals surface area contributed by atoms with Crippen LogP contribution in [0.5, 0.6) is 0 Å². The number of halogens is 1. The molecule has 0 atom stereocenters. The number of pyridine rings is 1. The highest BCUT2D eigenvalue weighted by Gasteiger charge is 2.14. The predicted molar refractivity (Wildman–Crippen MR) is 67.3 cm³/mol. The molecule has 0 unspecified atom stereocenters. The fourth-order valence-corrected chi connectivity index (χ4v) is 1.85. The molecule has 5 heteroatoms. The zero-order valence-corrected chi connectivity index (χ0v) is 10.9. The zero-order chi connectivity index (χ0) is 12.8. The molecule has 1 heterocycles. The van der Waals surface area contributed by atoms with Crippen LogP contribution >= 0.6 is 11.6 Å². The number of aromatic nitrogens is 1. The standard InChI is InChI=1S/C12H17ClN2O2/c1-3-15(5-4-6-16)12(17)10-7-9(2)14-11(13)8-10/h7-8,16H,3-6H2,1-2H3. The molecule has 1 N–H and O–H groups in total. The van der Waals surface area contributed by atoms with E-state index in [4.69, 9.17) is 16.7 Å². The normalized spacial score (nSPS) is 10.4. The van der Waals surface area contributed by atoms with Crippen LogP contribution in [0.1, 0.15) is 29.4 Å². The van der Waals surface area contributed by atoms with Crippen molar-refractivity contribution in [2.45, 2.75) is 20.3 Å². The summed E-state index contributed by atoms with van der Waals surface area (Å²) in [5, 5.41) is 9.11. The minimum Gasteiger partial charge on any atom is -0.396 e. The third-order valence-electron chi connectivity index (χ3n) is 2.42. The molecular formula is C12H17ClN2O2. The Hall–Kier alpha value is -1.13. The summed E-state index contributed by atoms with van der Waals surface area (Å²) in [7, 11) is 0. The number of aliphatic hydroxyl groups is 1. The van der Waals surface area contributed by atoms with Crippen molar-refractivity contribution in [3.05, 3.63) is 28.5 Å². The number of aryl methyl sites for hydroxylation is 1. The van der Waals surface area contributed by atoms with Crippen LogP contribution in [0.2, 0.25) is 5.15 Å². The van der Waals surface area contributed by atoms with Gasteiger partial charge in [-0.2, -0.15) is 0 Å². The lowest BCUT2D eigenvalue weighted by atomic mass is 10.2. The Labute approximate surface area is 106 Å². The number of rotatable bonds is 5. The summed E-state index contributed by atoms with van der Waals surface area (Å²) in [5.74, 6) is -0.0756. The van der Waals surface area contributed by atoms with E-state index in [9.17, 15) is 4.79 Å². The van der Waals surface area contributed by atoms with Crippen LogP contribution in [0.4, 0.5) is 0 Å². The summed E-state index contributed by atoms with van der Waals surface area (Å²) in [4.78, 5) is 17.8. The lowest BCUT2D eigenvalue weighted by Crippen LogP contribution is -2.32. The van der Waals surface area contributed by atoms with Crippen LogP contribution in [-0.2, 0) is 0 Å². The lowest BCUT2D eigenvalue weighted by molar-refractivity contribution is 0.0754. The van der Waals surface area contributed by atoms with Crippen LogP contribution in [0.3, 0.4) is 0 Å². The first kappa shape index (κ1) is 13.9. The van der Waals surface area contributed by atoms with E-state index in [1.807, 2.05) is 6.92 Å². The number of amides is 1. The Balaban J connectivity index is 2.85. The maximum absolute atomic E-state index is 12.1. The first-order valence-electron chi connectivity index (χ1n) is 5.62. The van der Waals surface area contributed by atoms with E-state index in [1.165, 1.54) is 0 Å². The van der Waals surface area contributed by atoms with Crippen molar-refractivity contribution in [1.82, 2.24) is 9.88 Å². The first-order chi connectivity index (χ1) is 8.08. The average molecular weight is 257 g/mol. The second-order valence-corrected chi connectivity index (χ2v) is 4.17. The fraction of sp³-hybridized carbons (Fsp3) is 0.500. The Morgan fingerprint density at radius 1 is 1.53 bits per heavy atom. The van der Waals surface area contributed by atoms with Crippen LogP contribution in [0, 0.1) is 6.92 Å². The second-order valence-electron chi connectivity index (χ2n) is 3.78. The molecule has 0 aliphatic carbocycles. The minimum atomic E-state index is -0.0756. The molecule has 1 rings (SSSR count). The molecule has 0 fully saturated rings. The first-order valence-corrected chi connectivity index (χ1v) is 6.00. The van der Waals surface area contributed by atoms with Gasteiger partial charge in [-0.15, -0.1) is 0 Å². The summed E-state index contributed by atoms with van der Waals surface area (Å²) >= 11 is 5.82. The molecule has 0 radical (unpaired) electrons. The molecule has 1 aromatic heterocycles. The van der Waals surface area contributed by atoms with Crippen molar-refractivity contribution in [2.24, 2.45) is 0 Å². The van der Waals surface area contributed by atoms with E-state index in [2.05, 4.69) is 4.98 Å². The van der Waals surface area contributed by atoms with Gasteiger partial charge in [0.05, 0.1) is 0 Å². The van der Waals surface area contributed by atoms with Gasteiger partial charge >= 0.3 is 0 Å². The van der Waals surface area contributed by atoms with Crippen LogP contribution in [0.15, 0.2) is 12.1 Å². The van der Waals surface area contributed by atoms with Gasteiger partial charge < -0.3 is 10.0 Å². The van der Waals surface area contributed by atoms with Gasteiger partial charge in [0.15, 0.2) is 0 Å². The highest BCUT2D eigenvalue weighted by molar-refractivity contribution is 6.29. The number of nitrogens with zero attached hydrogens (tertiary/aromatic N) is 2. The predicted octanol–water partition coefficient (Wildman–Crippen LogP) is 1.89. The smallest absolute Gasteiger partial charge is 0.254 e. The molecule has 0 spiro atoms. The molecule has 17 heavy (non-hydrogen) atoms. The molecule has 0 aliphatic rings. The summed E-state index contributed by atoms with van der Waals surface area (Å²) in [6.45, 7) is 4.94. The summed E-state index contributed by atoms with van der Waals surface area (Å²) in [5.41, 5.74) is 1.27. The van der Waals surface area contributed by atoms with Crippen molar-refractivity contribution in [3.8, 4) is 0 Å². The molecule has 0 saturated heterocycles. The van der Waals surface area contributed by atoms with Gasteiger partial charge in [-0.25, -0.2) is 4.98 Å². The monoisotopic (exact) mass is 256 g/mol.